The van der Waals surface area contributed by atoms with Crippen LogP contribution in [0.2, 0.25) is 5.02 Å². The van der Waals surface area contributed by atoms with E-state index in [0.717, 1.165) is 20.8 Å². The second-order valence-corrected chi connectivity index (χ2v) is 4.03. The second-order valence-electron chi connectivity index (χ2n) is 2.71. The van der Waals surface area contributed by atoms with Crippen LogP contribution in [0.4, 0.5) is 0 Å². The largest absolute Gasteiger partial charge is 0.360 e. The van der Waals surface area contributed by atoms with E-state index < -0.39 is 0 Å². The molecule has 0 bridgehead atoms. The van der Waals surface area contributed by atoms with Crippen molar-refractivity contribution in [3.8, 4) is 11.3 Å². The van der Waals surface area contributed by atoms with Gasteiger partial charge in [0.2, 0.25) is 0 Å². The summed E-state index contributed by atoms with van der Waals surface area (Å²) >= 11 is 9.36. The zero-order chi connectivity index (χ0) is 9.26. The van der Waals surface area contributed by atoms with E-state index in [1.165, 1.54) is 0 Å². The standard InChI is InChI=1S/C10H7BrClN/c11-8-3-1-7(2-4-8)10-9(12)5-6-13-10/h1-6,13H. The molecule has 0 radical (unpaired) electrons. The van der Waals surface area contributed by atoms with Crippen molar-refractivity contribution in [2.45, 2.75) is 0 Å². The van der Waals surface area contributed by atoms with Crippen molar-refractivity contribution in [2.24, 2.45) is 0 Å². The molecule has 0 atom stereocenters. The number of aromatic amines is 1. The zero-order valence-corrected chi connectivity index (χ0v) is 9.06. The molecule has 0 fully saturated rings. The van der Waals surface area contributed by atoms with E-state index in [4.69, 9.17) is 11.6 Å². The number of halogens is 2. The fraction of sp³-hybridized carbons (Fsp3) is 0. The van der Waals surface area contributed by atoms with Gasteiger partial charge in [-0.25, -0.2) is 0 Å². The van der Waals surface area contributed by atoms with Gasteiger partial charge in [-0.3, -0.25) is 0 Å². The number of aromatic nitrogens is 1. The lowest BCUT2D eigenvalue weighted by Gasteiger charge is -1.98. The van der Waals surface area contributed by atoms with Gasteiger partial charge in [-0.15, -0.1) is 0 Å². The normalized spacial score (nSPS) is 10.3. The average molecular weight is 257 g/mol. The van der Waals surface area contributed by atoms with Crippen molar-refractivity contribution in [1.29, 1.82) is 0 Å². The topological polar surface area (TPSA) is 15.8 Å². The summed E-state index contributed by atoms with van der Waals surface area (Å²) in [5, 5.41) is 0.752. The van der Waals surface area contributed by atoms with Gasteiger partial charge in [-0.1, -0.05) is 39.7 Å². The van der Waals surface area contributed by atoms with Gasteiger partial charge in [0.25, 0.3) is 0 Å². The van der Waals surface area contributed by atoms with Gasteiger partial charge in [0.15, 0.2) is 0 Å². The molecule has 1 N–H and O–H groups in total. The number of nitrogens with one attached hydrogen (secondary N) is 1. The minimum absolute atomic E-state index is 0.752. The first-order valence-electron chi connectivity index (χ1n) is 3.86. The Morgan fingerprint density at radius 1 is 1.08 bits per heavy atom. The molecule has 1 aromatic heterocycles. The molecule has 1 heterocycles. The first-order chi connectivity index (χ1) is 6.27. The van der Waals surface area contributed by atoms with Crippen LogP contribution in [0.15, 0.2) is 41.0 Å². The molecule has 0 saturated heterocycles. The number of hydrogen-bond acceptors (Lipinski definition) is 0. The van der Waals surface area contributed by atoms with Crippen LogP contribution in [-0.4, -0.2) is 4.98 Å². The summed E-state index contributed by atoms with van der Waals surface area (Å²) < 4.78 is 1.07. The molecule has 0 saturated carbocycles. The molecule has 2 rings (SSSR count). The van der Waals surface area contributed by atoms with Crippen LogP contribution in [0, 0.1) is 0 Å². The van der Waals surface area contributed by atoms with Crippen LogP contribution in [0.5, 0.6) is 0 Å². The van der Waals surface area contributed by atoms with Crippen molar-refractivity contribution in [1.82, 2.24) is 4.98 Å². The summed E-state index contributed by atoms with van der Waals surface area (Å²) in [5.74, 6) is 0. The zero-order valence-electron chi connectivity index (χ0n) is 6.72. The van der Waals surface area contributed by atoms with Gasteiger partial charge in [0.1, 0.15) is 0 Å². The SMILES string of the molecule is Clc1cc[nH]c1-c1ccc(Br)cc1. The first kappa shape index (κ1) is 8.85. The second kappa shape index (κ2) is 3.56. The maximum Gasteiger partial charge on any atom is 0.0661 e. The van der Waals surface area contributed by atoms with Crippen molar-refractivity contribution in [3.63, 3.8) is 0 Å². The van der Waals surface area contributed by atoms with Gasteiger partial charge in [-0.2, -0.15) is 0 Å². The highest BCUT2D eigenvalue weighted by molar-refractivity contribution is 9.10. The molecule has 0 aliphatic rings. The number of H-pyrrole nitrogens is 1. The highest BCUT2D eigenvalue weighted by Gasteiger charge is 2.02. The minimum atomic E-state index is 0.752. The van der Waals surface area contributed by atoms with E-state index in [-0.39, 0.29) is 0 Å². The molecule has 0 unspecified atom stereocenters. The Balaban J connectivity index is 2.47. The first-order valence-corrected chi connectivity index (χ1v) is 5.03. The predicted octanol–water partition coefficient (Wildman–Crippen LogP) is 4.10. The van der Waals surface area contributed by atoms with Crippen LogP contribution in [0.25, 0.3) is 11.3 Å². The Kier molecular flexibility index (Phi) is 2.42. The van der Waals surface area contributed by atoms with E-state index >= 15 is 0 Å². The van der Waals surface area contributed by atoms with Crippen molar-refractivity contribution in [3.05, 3.63) is 46.0 Å². The monoisotopic (exact) mass is 255 g/mol. The van der Waals surface area contributed by atoms with Crippen molar-refractivity contribution < 1.29 is 0 Å². The Hall–Kier alpha value is -0.730. The third-order valence-corrected chi connectivity index (χ3v) is 2.67. The van der Waals surface area contributed by atoms with E-state index in [2.05, 4.69) is 20.9 Å². The summed E-state index contributed by atoms with van der Waals surface area (Å²) in [5.41, 5.74) is 2.06. The molecule has 1 nitrogen and oxygen atoms in total. The van der Waals surface area contributed by atoms with Crippen LogP contribution in [-0.2, 0) is 0 Å². The molecule has 3 heteroatoms. The van der Waals surface area contributed by atoms with Crippen LogP contribution in [0.1, 0.15) is 0 Å². The van der Waals surface area contributed by atoms with Gasteiger partial charge in [0, 0.05) is 10.7 Å². The molecule has 2 aromatic rings. The van der Waals surface area contributed by atoms with Gasteiger partial charge >= 0.3 is 0 Å². The quantitative estimate of drug-likeness (QED) is 0.791. The molecule has 1 aromatic carbocycles. The summed E-state index contributed by atoms with van der Waals surface area (Å²) in [7, 11) is 0. The van der Waals surface area contributed by atoms with Crippen LogP contribution in [0.3, 0.4) is 0 Å². The third kappa shape index (κ3) is 1.79. The minimum Gasteiger partial charge on any atom is -0.360 e. The maximum absolute atomic E-state index is 5.97. The highest BCUT2D eigenvalue weighted by Crippen LogP contribution is 2.26. The van der Waals surface area contributed by atoms with Crippen LogP contribution < -0.4 is 0 Å². The predicted molar refractivity (Wildman–Crippen MR) is 58.9 cm³/mol. The Morgan fingerprint density at radius 2 is 1.77 bits per heavy atom. The number of rotatable bonds is 1. The number of hydrogen-bond donors (Lipinski definition) is 1. The Morgan fingerprint density at radius 3 is 2.31 bits per heavy atom. The van der Waals surface area contributed by atoms with E-state index in [1.807, 2.05) is 36.5 Å². The Bertz CT molecular complexity index is 405. The van der Waals surface area contributed by atoms with Crippen molar-refractivity contribution in [2.75, 3.05) is 0 Å². The molecule has 0 aliphatic carbocycles. The fourth-order valence-corrected chi connectivity index (χ4v) is 1.68. The lowest BCUT2D eigenvalue weighted by atomic mass is 10.2. The maximum atomic E-state index is 5.97. The molecule has 66 valence electrons. The molecular weight excluding hydrogens is 249 g/mol. The number of benzene rings is 1. The van der Waals surface area contributed by atoms with Gasteiger partial charge in [0.05, 0.1) is 10.7 Å². The summed E-state index contributed by atoms with van der Waals surface area (Å²) in [4.78, 5) is 3.09. The molecular formula is C10H7BrClN. The fourth-order valence-electron chi connectivity index (χ4n) is 1.19. The van der Waals surface area contributed by atoms with E-state index in [9.17, 15) is 0 Å². The van der Waals surface area contributed by atoms with Crippen LogP contribution >= 0.6 is 27.5 Å². The summed E-state index contributed by atoms with van der Waals surface area (Å²) in [6.07, 6.45) is 1.83. The highest BCUT2D eigenvalue weighted by atomic mass is 79.9. The smallest absolute Gasteiger partial charge is 0.0661 e. The summed E-state index contributed by atoms with van der Waals surface area (Å²) in [6, 6.07) is 9.86. The lowest BCUT2D eigenvalue weighted by Crippen LogP contribution is -1.76. The summed E-state index contributed by atoms with van der Waals surface area (Å²) in [6.45, 7) is 0. The van der Waals surface area contributed by atoms with E-state index in [1.54, 1.807) is 0 Å². The molecule has 0 aliphatic heterocycles. The van der Waals surface area contributed by atoms with E-state index in [0.29, 0.717) is 0 Å². The third-order valence-electron chi connectivity index (χ3n) is 1.83. The Labute approximate surface area is 89.9 Å². The van der Waals surface area contributed by atoms with Crippen molar-refractivity contribution >= 4 is 27.5 Å². The van der Waals surface area contributed by atoms with Gasteiger partial charge in [-0.05, 0) is 23.8 Å². The van der Waals surface area contributed by atoms with Gasteiger partial charge < -0.3 is 4.98 Å². The average Bonchev–Trinajstić information content (AvgIpc) is 2.53. The molecule has 0 spiro atoms. The lowest BCUT2D eigenvalue weighted by molar-refractivity contribution is 1.40. The molecule has 0 amide bonds. The molecule has 13 heavy (non-hydrogen) atoms.